The van der Waals surface area contributed by atoms with Crippen LogP contribution in [-0.2, 0) is 24.1 Å². The third-order valence-electron chi connectivity index (χ3n) is 5.13. The van der Waals surface area contributed by atoms with Crippen molar-refractivity contribution in [2.24, 2.45) is 10.9 Å². The number of halogens is 1. The van der Waals surface area contributed by atoms with Crippen LogP contribution in [-0.4, -0.2) is 18.2 Å². The van der Waals surface area contributed by atoms with E-state index in [-0.39, 0.29) is 12.5 Å². The monoisotopic (exact) mass is 480 g/mol. The van der Waals surface area contributed by atoms with Crippen LogP contribution >= 0.6 is 27.3 Å². The first-order valence-corrected chi connectivity index (χ1v) is 11.9. The summed E-state index contributed by atoms with van der Waals surface area (Å²) in [5.41, 5.74) is 5.64. The number of amides is 1. The predicted molar refractivity (Wildman–Crippen MR) is 130 cm³/mol. The van der Waals surface area contributed by atoms with E-state index in [1.807, 2.05) is 24.3 Å². The summed E-state index contributed by atoms with van der Waals surface area (Å²) >= 11 is 5.29. The van der Waals surface area contributed by atoms with Crippen molar-refractivity contribution in [2.45, 2.75) is 33.1 Å². The minimum atomic E-state index is -0.0626. The third-order valence-corrected chi connectivity index (χ3v) is 6.93. The fourth-order valence-electron chi connectivity index (χ4n) is 3.70. The molecule has 5 heteroatoms. The van der Waals surface area contributed by atoms with Crippen molar-refractivity contribution in [1.82, 2.24) is 0 Å². The third kappa shape index (κ3) is 4.90. The largest absolute Gasteiger partial charge is 0.316 e. The van der Waals surface area contributed by atoms with Crippen molar-refractivity contribution in [2.75, 3.05) is 11.9 Å². The molecule has 0 saturated heterocycles. The van der Waals surface area contributed by atoms with Crippen molar-refractivity contribution in [3.8, 4) is 0 Å². The minimum absolute atomic E-state index is 0.0626. The Labute approximate surface area is 190 Å². The molecule has 30 heavy (non-hydrogen) atoms. The molecule has 1 aliphatic heterocycles. The van der Waals surface area contributed by atoms with E-state index in [1.165, 1.54) is 16.0 Å². The normalized spacial score (nSPS) is 13.6. The molecular formula is C25H25BrN2OS. The number of hydrogen-bond acceptors (Lipinski definition) is 3. The quantitative estimate of drug-likeness (QED) is 0.442. The molecule has 4 rings (SSSR count). The fourth-order valence-corrected chi connectivity index (χ4v) is 5.25. The van der Waals surface area contributed by atoms with Crippen LogP contribution in [0.4, 0.5) is 5.00 Å². The molecule has 0 radical (unpaired) electrons. The Bertz CT molecular complexity index is 1080. The number of nitrogens with one attached hydrogen (secondary N) is 1. The highest BCUT2D eigenvalue weighted by molar-refractivity contribution is 9.10. The van der Waals surface area contributed by atoms with Crippen molar-refractivity contribution in [3.63, 3.8) is 0 Å². The Morgan fingerprint density at radius 3 is 2.50 bits per heavy atom. The Morgan fingerprint density at radius 1 is 1.03 bits per heavy atom. The van der Waals surface area contributed by atoms with E-state index in [1.54, 1.807) is 11.3 Å². The molecule has 0 unspecified atom stereocenters. The molecule has 154 valence electrons. The van der Waals surface area contributed by atoms with E-state index < -0.39 is 0 Å². The highest BCUT2D eigenvalue weighted by Crippen LogP contribution is 2.34. The second kappa shape index (κ2) is 9.27. The van der Waals surface area contributed by atoms with Gasteiger partial charge in [-0.25, -0.2) is 0 Å². The van der Waals surface area contributed by atoms with Crippen LogP contribution in [0, 0.1) is 5.92 Å². The molecule has 1 amide bonds. The van der Waals surface area contributed by atoms with E-state index in [4.69, 9.17) is 0 Å². The number of nitrogens with zero attached hydrogens (tertiary/aromatic N) is 1. The van der Waals surface area contributed by atoms with Gasteiger partial charge in [-0.2, -0.15) is 0 Å². The first-order valence-electron chi connectivity index (χ1n) is 10.3. The Kier molecular flexibility index (Phi) is 6.49. The highest BCUT2D eigenvalue weighted by atomic mass is 79.9. The molecule has 1 N–H and O–H groups in total. The maximum absolute atomic E-state index is 12.2. The lowest BCUT2D eigenvalue weighted by Crippen LogP contribution is -2.12. The summed E-state index contributed by atoms with van der Waals surface area (Å²) in [6, 6.07) is 19.2. The smallest absolute Gasteiger partial charge is 0.246 e. The van der Waals surface area contributed by atoms with Crippen molar-refractivity contribution in [3.05, 3.63) is 86.2 Å². The summed E-state index contributed by atoms with van der Waals surface area (Å²) in [6.07, 6.45) is 3.05. The summed E-state index contributed by atoms with van der Waals surface area (Å²) < 4.78 is 0.985. The van der Waals surface area contributed by atoms with Crippen molar-refractivity contribution < 1.29 is 4.79 Å². The molecule has 0 bridgehead atoms. The second-order valence-electron chi connectivity index (χ2n) is 8.06. The fraction of sp³-hybridized carbons (Fsp3) is 0.280. The average Bonchev–Trinajstić information content (AvgIpc) is 3.04. The number of carbonyl (C=O) groups excluding carboxylic acids is 1. The van der Waals surface area contributed by atoms with E-state index >= 15 is 0 Å². The zero-order valence-corrected chi connectivity index (χ0v) is 19.6. The molecule has 0 atom stereocenters. The van der Waals surface area contributed by atoms with Gasteiger partial charge in [0.05, 0.1) is 5.71 Å². The zero-order chi connectivity index (χ0) is 21.1. The van der Waals surface area contributed by atoms with Crippen LogP contribution in [0.5, 0.6) is 0 Å². The number of benzene rings is 2. The molecule has 2 aromatic carbocycles. The number of aryl methyl sites for hydroxylation is 2. The summed E-state index contributed by atoms with van der Waals surface area (Å²) in [7, 11) is 0. The highest BCUT2D eigenvalue weighted by Gasteiger charge is 2.22. The topological polar surface area (TPSA) is 41.5 Å². The van der Waals surface area contributed by atoms with Crippen LogP contribution in [0.2, 0.25) is 0 Å². The predicted octanol–water partition coefficient (Wildman–Crippen LogP) is 6.28. The lowest BCUT2D eigenvalue weighted by atomic mass is 10.00. The number of carbonyl (C=O) groups is 1. The van der Waals surface area contributed by atoms with Gasteiger partial charge in [-0.1, -0.05) is 72.2 Å². The molecule has 0 fully saturated rings. The molecule has 0 aliphatic carbocycles. The van der Waals surface area contributed by atoms with E-state index in [0.717, 1.165) is 45.6 Å². The molecule has 1 aromatic heterocycles. The van der Waals surface area contributed by atoms with Crippen molar-refractivity contribution >= 4 is 43.9 Å². The van der Waals surface area contributed by atoms with Crippen LogP contribution in [0.15, 0.2) is 64.1 Å². The molecule has 3 nitrogen and oxygen atoms in total. The van der Waals surface area contributed by atoms with E-state index in [0.29, 0.717) is 5.92 Å². The summed E-state index contributed by atoms with van der Waals surface area (Å²) in [4.78, 5) is 18.1. The van der Waals surface area contributed by atoms with Gasteiger partial charge in [0.1, 0.15) is 11.5 Å². The van der Waals surface area contributed by atoms with Crippen molar-refractivity contribution in [1.29, 1.82) is 0 Å². The number of anilines is 1. The Balaban J connectivity index is 1.55. The number of thiophene rings is 1. The maximum Gasteiger partial charge on any atom is 0.246 e. The SMILES string of the molecule is CC(C)Cc1ccc(CCc2cc3c(s2)NC(=O)CN=C3c2ccccc2Br)cc1. The maximum atomic E-state index is 12.2. The van der Waals surface area contributed by atoms with Gasteiger partial charge in [-0.3, -0.25) is 9.79 Å². The van der Waals surface area contributed by atoms with Gasteiger partial charge in [0, 0.05) is 20.5 Å². The minimum Gasteiger partial charge on any atom is -0.316 e. The zero-order valence-electron chi connectivity index (χ0n) is 17.2. The number of hydrogen-bond donors (Lipinski definition) is 1. The van der Waals surface area contributed by atoms with Gasteiger partial charge in [-0.05, 0) is 48.4 Å². The summed E-state index contributed by atoms with van der Waals surface area (Å²) in [5.74, 6) is 0.612. The molecule has 1 aliphatic rings. The van der Waals surface area contributed by atoms with Crippen LogP contribution in [0.3, 0.4) is 0 Å². The number of fused-ring (bicyclic) bond motifs is 1. The Morgan fingerprint density at radius 2 is 1.77 bits per heavy atom. The number of aliphatic imine (C=N–C) groups is 1. The number of rotatable bonds is 6. The van der Waals surface area contributed by atoms with E-state index in [9.17, 15) is 4.79 Å². The van der Waals surface area contributed by atoms with Crippen LogP contribution in [0.1, 0.15) is 41.0 Å². The summed E-state index contributed by atoms with van der Waals surface area (Å²) in [5, 5.41) is 3.93. The first-order chi connectivity index (χ1) is 14.5. The van der Waals surface area contributed by atoms with Gasteiger partial charge in [-0.15, -0.1) is 11.3 Å². The lowest BCUT2D eigenvalue weighted by molar-refractivity contribution is -0.114. The molecule has 3 aromatic rings. The molecular weight excluding hydrogens is 456 g/mol. The Hall–Kier alpha value is -2.24. The van der Waals surface area contributed by atoms with E-state index in [2.05, 4.69) is 70.4 Å². The molecule has 0 spiro atoms. The van der Waals surface area contributed by atoms with Gasteiger partial charge in [0.2, 0.25) is 5.91 Å². The second-order valence-corrected chi connectivity index (χ2v) is 10.1. The van der Waals surface area contributed by atoms with Gasteiger partial charge in [0.15, 0.2) is 0 Å². The standard InChI is InChI=1S/C25H25BrN2OS/c1-16(2)13-18-9-7-17(8-10-18)11-12-19-14-21-24(20-5-3-4-6-22(20)26)27-15-23(29)28-25(21)30-19/h3-10,14,16H,11-13,15H2,1-2H3,(H,28,29). The van der Waals surface area contributed by atoms with Gasteiger partial charge < -0.3 is 5.32 Å². The average molecular weight is 481 g/mol. The lowest BCUT2D eigenvalue weighted by Gasteiger charge is -2.07. The molecule has 2 heterocycles. The summed E-state index contributed by atoms with van der Waals surface area (Å²) in [6.45, 7) is 4.65. The molecule has 0 saturated carbocycles. The van der Waals surface area contributed by atoms with Crippen LogP contribution in [0.25, 0.3) is 0 Å². The first kappa shape index (κ1) is 21.0. The van der Waals surface area contributed by atoms with Gasteiger partial charge >= 0.3 is 0 Å². The van der Waals surface area contributed by atoms with Gasteiger partial charge in [0.25, 0.3) is 0 Å². The van der Waals surface area contributed by atoms with Crippen LogP contribution < -0.4 is 5.32 Å².